The highest BCUT2D eigenvalue weighted by Gasteiger charge is 2.59. The number of piperidine rings is 1. The molecule has 4 aliphatic rings. The average molecular weight is 486 g/mol. The molecule has 0 radical (unpaired) electrons. The predicted octanol–water partition coefficient (Wildman–Crippen LogP) is 3.63. The van der Waals surface area contributed by atoms with Crippen molar-refractivity contribution in [2.75, 3.05) is 34.4 Å². The number of halogens is 1. The minimum atomic E-state index is -0.334. The maximum Gasteiger partial charge on any atom is 0.339 e. The number of hydrogen-bond acceptors (Lipinski definition) is 6. The first kappa shape index (κ1) is 20.9. The number of likely N-dealkylation sites (N-methyl/N-ethyl adjacent to an activating group) is 1. The van der Waals surface area contributed by atoms with Crippen LogP contribution in [0.2, 0.25) is 0 Å². The number of allylic oxidation sites excluding steroid dienone is 3. The lowest BCUT2D eigenvalue weighted by molar-refractivity contribution is -0.162. The number of pyridine rings is 1. The van der Waals surface area contributed by atoms with Crippen LogP contribution in [0, 0.1) is 17.8 Å². The topological polar surface area (TPSA) is 54.9 Å². The van der Waals surface area contributed by atoms with Gasteiger partial charge in [-0.15, -0.1) is 0 Å². The number of carbonyl (C=O) groups excluding carboxylic acids is 1. The molecule has 2 aliphatic carbocycles. The van der Waals surface area contributed by atoms with Crippen molar-refractivity contribution in [2.24, 2.45) is 17.8 Å². The number of esters is 1. The number of ether oxygens (including phenoxy) is 2. The number of methoxy groups -OCH3 is 1. The van der Waals surface area contributed by atoms with Crippen LogP contribution in [-0.4, -0.2) is 66.8 Å². The van der Waals surface area contributed by atoms with Gasteiger partial charge in [0.15, 0.2) is 0 Å². The minimum absolute atomic E-state index is 0.206. The van der Waals surface area contributed by atoms with Crippen LogP contribution in [0.4, 0.5) is 0 Å². The Hall–Kier alpha value is -1.96. The molecule has 0 spiro atoms. The molecule has 1 aromatic heterocycles. The van der Waals surface area contributed by atoms with Crippen LogP contribution in [0.3, 0.4) is 0 Å². The van der Waals surface area contributed by atoms with Gasteiger partial charge >= 0.3 is 5.97 Å². The number of carbonyl (C=O) groups is 1. The third-order valence-electron chi connectivity index (χ3n) is 7.44. The van der Waals surface area contributed by atoms with Crippen molar-refractivity contribution < 1.29 is 14.3 Å². The van der Waals surface area contributed by atoms with Gasteiger partial charge in [0.1, 0.15) is 0 Å². The molecule has 0 bridgehead atoms. The van der Waals surface area contributed by atoms with Crippen LogP contribution in [0.1, 0.15) is 23.2 Å². The summed E-state index contributed by atoms with van der Waals surface area (Å²) in [4.78, 5) is 21.3. The summed E-state index contributed by atoms with van der Waals surface area (Å²) in [7, 11) is 6.16. The summed E-state index contributed by atoms with van der Waals surface area (Å²) in [5.74, 6) is 0.535. The van der Waals surface area contributed by atoms with E-state index in [0.717, 1.165) is 23.9 Å². The third-order valence-corrected chi connectivity index (χ3v) is 7.88. The molecule has 5 atom stereocenters. The summed E-state index contributed by atoms with van der Waals surface area (Å²) in [5.41, 5.74) is 3.02. The van der Waals surface area contributed by atoms with Gasteiger partial charge in [-0.05, 0) is 53.5 Å². The molecule has 7 heteroatoms. The second-order valence-electron chi connectivity index (χ2n) is 9.17. The summed E-state index contributed by atoms with van der Waals surface area (Å²) < 4.78 is 12.9. The Morgan fingerprint density at radius 1 is 1.35 bits per heavy atom. The summed E-state index contributed by atoms with van der Waals surface area (Å²) >= 11 is 3.36. The molecule has 6 nitrogen and oxygen atoms in total. The van der Waals surface area contributed by atoms with Gasteiger partial charge in [-0.3, -0.25) is 9.88 Å². The van der Waals surface area contributed by atoms with Crippen molar-refractivity contribution in [3.63, 3.8) is 0 Å². The van der Waals surface area contributed by atoms with E-state index in [1.807, 2.05) is 7.11 Å². The molecule has 2 unspecified atom stereocenters. The molecule has 5 rings (SSSR count). The molecule has 0 aromatic carbocycles. The van der Waals surface area contributed by atoms with Gasteiger partial charge in [0.2, 0.25) is 0 Å². The summed E-state index contributed by atoms with van der Waals surface area (Å²) in [6.07, 6.45) is 14.1. The third kappa shape index (κ3) is 3.38. The number of aromatic nitrogens is 1. The van der Waals surface area contributed by atoms with Crippen molar-refractivity contribution >= 4 is 21.9 Å². The number of likely N-dealkylation sites (tertiary alicyclic amines) is 1. The normalized spacial score (nSPS) is 34.0. The van der Waals surface area contributed by atoms with Crippen molar-refractivity contribution in [1.29, 1.82) is 0 Å². The molecule has 1 saturated carbocycles. The molecule has 0 amide bonds. The first-order valence-electron chi connectivity index (χ1n) is 10.8. The Balaban J connectivity index is 1.37. The SMILES string of the molecule is CO[C@]12C[C@@H](COC(=O)c3cncc(Br)c3)CN(C)[C@@H]1CC1=CN(C)C3=CC=CC2C13. The second-order valence-corrected chi connectivity index (χ2v) is 10.1. The van der Waals surface area contributed by atoms with Crippen LogP contribution in [0.5, 0.6) is 0 Å². The second kappa shape index (κ2) is 7.87. The van der Waals surface area contributed by atoms with E-state index in [1.165, 1.54) is 11.3 Å². The fourth-order valence-corrected chi connectivity index (χ4v) is 6.56. The van der Waals surface area contributed by atoms with E-state index < -0.39 is 0 Å². The van der Waals surface area contributed by atoms with E-state index in [-0.39, 0.29) is 23.4 Å². The number of fused-ring (bicyclic) bond motifs is 2. The lowest BCUT2D eigenvalue weighted by Gasteiger charge is -2.58. The van der Waals surface area contributed by atoms with E-state index in [0.29, 0.717) is 24.1 Å². The molecule has 3 heterocycles. The quantitative estimate of drug-likeness (QED) is 0.607. The van der Waals surface area contributed by atoms with Gasteiger partial charge in [-0.2, -0.15) is 0 Å². The Bertz CT molecular complexity index is 990. The maximum absolute atomic E-state index is 12.6. The fraction of sp³-hybridized carbons (Fsp3) is 0.500. The Labute approximate surface area is 191 Å². The van der Waals surface area contributed by atoms with E-state index in [4.69, 9.17) is 9.47 Å². The molecular weight excluding hydrogens is 458 g/mol. The summed E-state index contributed by atoms with van der Waals surface area (Å²) in [6, 6.07) is 2.04. The van der Waals surface area contributed by atoms with Gasteiger partial charge in [-0.25, -0.2) is 4.79 Å². The van der Waals surface area contributed by atoms with Crippen LogP contribution >= 0.6 is 15.9 Å². The Morgan fingerprint density at radius 3 is 2.97 bits per heavy atom. The molecule has 0 N–H and O–H groups in total. The maximum atomic E-state index is 12.6. The lowest BCUT2D eigenvalue weighted by Crippen LogP contribution is -2.66. The van der Waals surface area contributed by atoms with Crippen LogP contribution < -0.4 is 0 Å². The zero-order valence-electron chi connectivity index (χ0n) is 18.1. The van der Waals surface area contributed by atoms with E-state index in [2.05, 4.69) is 69.2 Å². The number of nitrogens with zero attached hydrogens (tertiary/aromatic N) is 3. The van der Waals surface area contributed by atoms with Crippen molar-refractivity contribution in [2.45, 2.75) is 24.5 Å². The molecular formula is C24H28BrN3O3. The van der Waals surface area contributed by atoms with Crippen molar-refractivity contribution in [3.05, 3.63) is 64.2 Å². The minimum Gasteiger partial charge on any atom is -0.462 e. The first-order chi connectivity index (χ1) is 14.9. The standard InChI is InChI=1S/C24H28BrN3O3/c1-27-13-17-8-21-24(30-3,19-5-4-6-20(27)22(17)19)9-15(12-28(21)2)14-31-23(29)16-7-18(25)11-26-10-16/h4-7,10-11,13,15,19,21-22H,8-9,12,14H2,1-3H3/t15-,19?,21-,22?,24+/m1/s1. The highest BCUT2D eigenvalue weighted by atomic mass is 79.9. The molecule has 2 fully saturated rings. The van der Waals surface area contributed by atoms with Gasteiger partial charge in [0.05, 0.1) is 17.8 Å². The summed E-state index contributed by atoms with van der Waals surface area (Å²) in [5, 5.41) is 0. The van der Waals surface area contributed by atoms with E-state index in [9.17, 15) is 4.79 Å². The van der Waals surface area contributed by atoms with Crippen molar-refractivity contribution in [3.8, 4) is 0 Å². The zero-order valence-corrected chi connectivity index (χ0v) is 19.7. The van der Waals surface area contributed by atoms with Crippen molar-refractivity contribution in [1.82, 2.24) is 14.8 Å². The van der Waals surface area contributed by atoms with Crippen LogP contribution in [0.15, 0.2) is 58.6 Å². The average Bonchev–Trinajstić information content (AvgIpc) is 3.09. The Morgan fingerprint density at radius 2 is 2.19 bits per heavy atom. The number of rotatable bonds is 4. The van der Waals surface area contributed by atoms with Crippen LogP contribution in [0.25, 0.3) is 0 Å². The van der Waals surface area contributed by atoms with Gasteiger partial charge in [0.25, 0.3) is 0 Å². The lowest BCUT2D eigenvalue weighted by atomic mass is 9.58. The van der Waals surface area contributed by atoms with Gasteiger partial charge in [0, 0.05) is 73.3 Å². The first-order valence-corrected chi connectivity index (χ1v) is 11.6. The van der Waals surface area contributed by atoms with Gasteiger partial charge < -0.3 is 14.4 Å². The molecule has 2 aliphatic heterocycles. The smallest absolute Gasteiger partial charge is 0.339 e. The molecule has 164 valence electrons. The highest BCUT2D eigenvalue weighted by molar-refractivity contribution is 9.10. The highest BCUT2D eigenvalue weighted by Crippen LogP contribution is 2.56. The predicted molar refractivity (Wildman–Crippen MR) is 121 cm³/mol. The molecule has 31 heavy (non-hydrogen) atoms. The number of hydrogen-bond donors (Lipinski definition) is 0. The zero-order chi connectivity index (χ0) is 21.8. The van der Waals surface area contributed by atoms with E-state index >= 15 is 0 Å². The molecule has 1 aromatic rings. The summed E-state index contributed by atoms with van der Waals surface area (Å²) in [6.45, 7) is 1.26. The van der Waals surface area contributed by atoms with Crippen LogP contribution in [-0.2, 0) is 9.47 Å². The van der Waals surface area contributed by atoms with E-state index in [1.54, 1.807) is 18.5 Å². The molecule has 1 saturated heterocycles. The fourth-order valence-electron chi connectivity index (χ4n) is 6.20. The largest absolute Gasteiger partial charge is 0.462 e. The Kier molecular flexibility index (Phi) is 5.31. The van der Waals surface area contributed by atoms with Gasteiger partial charge in [-0.1, -0.05) is 12.2 Å². The monoisotopic (exact) mass is 485 g/mol.